The second kappa shape index (κ2) is 7.59. The molecule has 2 N–H and O–H groups in total. The summed E-state index contributed by atoms with van der Waals surface area (Å²) < 4.78 is 7.65. The van der Waals surface area contributed by atoms with Crippen LogP contribution in [0.15, 0.2) is 48.8 Å². The summed E-state index contributed by atoms with van der Waals surface area (Å²) in [5.41, 5.74) is 1.93. The third-order valence-electron chi connectivity index (χ3n) is 4.38. The lowest BCUT2D eigenvalue weighted by atomic mass is 10.1. The molecular formula is C20H14Cl2N2O4S. The van der Waals surface area contributed by atoms with Gasteiger partial charge in [-0.1, -0.05) is 41.4 Å². The quantitative estimate of drug-likeness (QED) is 0.394. The lowest BCUT2D eigenvalue weighted by Crippen LogP contribution is -2.06. The first-order chi connectivity index (χ1) is 13.8. The lowest BCUT2D eigenvalue weighted by Gasteiger charge is -2.15. The molecule has 0 aliphatic heterocycles. The number of carboxylic acid groups (broad SMARTS) is 1. The number of ether oxygens (including phenoxy) is 1. The Morgan fingerprint density at radius 2 is 1.97 bits per heavy atom. The number of thiophene rings is 1. The first-order valence-electron chi connectivity index (χ1n) is 8.49. The van der Waals surface area contributed by atoms with Gasteiger partial charge in [-0.15, -0.1) is 11.3 Å². The maximum Gasteiger partial charge on any atom is 0.349 e. The average molecular weight is 449 g/mol. The second-order valence-corrected chi connectivity index (χ2v) is 8.12. The number of halogens is 2. The zero-order valence-electron chi connectivity index (χ0n) is 15.0. The lowest BCUT2D eigenvalue weighted by molar-refractivity contribution is 0.0696. The summed E-state index contributed by atoms with van der Waals surface area (Å²) in [7, 11) is 0. The minimum Gasteiger partial charge on any atom is -0.506 e. The summed E-state index contributed by atoms with van der Waals surface area (Å²) in [5, 5.41) is 20.7. The number of aromatic hydroxyl groups is 1. The van der Waals surface area contributed by atoms with E-state index in [0.29, 0.717) is 21.1 Å². The number of phenolic OH excluding ortho intramolecular Hbond substituents is 1. The molecule has 0 radical (unpaired) electrons. The van der Waals surface area contributed by atoms with Gasteiger partial charge in [0.15, 0.2) is 4.88 Å². The molecule has 0 saturated heterocycles. The van der Waals surface area contributed by atoms with Gasteiger partial charge >= 0.3 is 5.97 Å². The van der Waals surface area contributed by atoms with Crippen LogP contribution in [0, 0.1) is 0 Å². The molecule has 6 nitrogen and oxygen atoms in total. The molecule has 0 amide bonds. The predicted octanol–water partition coefficient (Wildman–Crippen LogP) is 5.94. The summed E-state index contributed by atoms with van der Waals surface area (Å²) in [6.45, 7) is 1.80. The van der Waals surface area contributed by atoms with E-state index in [1.165, 1.54) is 6.07 Å². The topological polar surface area (TPSA) is 84.6 Å². The van der Waals surface area contributed by atoms with Gasteiger partial charge in [-0.3, -0.25) is 4.57 Å². The monoisotopic (exact) mass is 448 g/mol. The molecule has 0 saturated carbocycles. The van der Waals surface area contributed by atoms with Crippen LogP contribution in [0.2, 0.25) is 10.0 Å². The Kier molecular flexibility index (Phi) is 5.12. The minimum atomic E-state index is -1.09. The van der Waals surface area contributed by atoms with Crippen LogP contribution in [0.1, 0.15) is 28.3 Å². The maximum atomic E-state index is 11.8. The minimum absolute atomic E-state index is 0.0608. The van der Waals surface area contributed by atoms with Crippen LogP contribution in [0.25, 0.3) is 16.0 Å². The number of fused-ring (bicyclic) bond motifs is 1. The van der Waals surface area contributed by atoms with Crippen LogP contribution in [0.5, 0.6) is 11.5 Å². The SMILES string of the molecule is C[C@@H](Oc1cc(-n2cnc3cc(O)c(Cl)cc32)sc1C(=O)O)c1ccccc1Cl. The number of carboxylic acids is 1. The highest BCUT2D eigenvalue weighted by molar-refractivity contribution is 7.16. The number of hydrogen-bond donors (Lipinski definition) is 2. The van der Waals surface area contributed by atoms with E-state index >= 15 is 0 Å². The molecule has 9 heteroatoms. The molecular weight excluding hydrogens is 435 g/mol. The maximum absolute atomic E-state index is 11.8. The third-order valence-corrected chi connectivity index (χ3v) is 6.13. The average Bonchev–Trinajstić information content (AvgIpc) is 3.26. The van der Waals surface area contributed by atoms with Crippen molar-refractivity contribution in [1.29, 1.82) is 0 Å². The van der Waals surface area contributed by atoms with Gasteiger partial charge in [0.2, 0.25) is 0 Å². The van der Waals surface area contributed by atoms with Gasteiger partial charge in [0.1, 0.15) is 28.9 Å². The molecule has 0 spiro atoms. The molecule has 0 unspecified atom stereocenters. The van der Waals surface area contributed by atoms with E-state index in [4.69, 9.17) is 27.9 Å². The molecule has 4 aromatic rings. The van der Waals surface area contributed by atoms with Crippen molar-refractivity contribution in [1.82, 2.24) is 9.55 Å². The van der Waals surface area contributed by atoms with Crippen molar-refractivity contribution in [3.05, 3.63) is 69.3 Å². The highest BCUT2D eigenvalue weighted by Crippen LogP contribution is 2.38. The van der Waals surface area contributed by atoms with Crippen LogP contribution in [-0.2, 0) is 0 Å². The van der Waals surface area contributed by atoms with Gasteiger partial charge < -0.3 is 14.9 Å². The standard InChI is InChI=1S/C20H14Cl2N2O4S/c1-10(11-4-2-3-5-12(11)21)28-17-8-18(29-19(17)20(26)27)24-9-23-14-7-16(25)13(22)6-15(14)24/h2-10,25H,1H3,(H,26,27)/t10-/m1/s1. The van der Waals surface area contributed by atoms with Gasteiger partial charge in [-0.05, 0) is 19.1 Å². The fraction of sp³-hybridized carbons (Fsp3) is 0.100. The third kappa shape index (κ3) is 3.64. The Morgan fingerprint density at radius 3 is 2.69 bits per heavy atom. The van der Waals surface area contributed by atoms with Crippen LogP contribution in [0.3, 0.4) is 0 Å². The van der Waals surface area contributed by atoms with Crippen molar-refractivity contribution in [2.45, 2.75) is 13.0 Å². The van der Waals surface area contributed by atoms with Gasteiger partial charge in [0.05, 0.1) is 16.1 Å². The van der Waals surface area contributed by atoms with Crippen LogP contribution in [-0.4, -0.2) is 25.7 Å². The van der Waals surface area contributed by atoms with Crippen molar-refractivity contribution in [3.8, 4) is 16.5 Å². The number of benzene rings is 2. The van der Waals surface area contributed by atoms with Gasteiger partial charge in [0.25, 0.3) is 0 Å². The molecule has 29 heavy (non-hydrogen) atoms. The molecule has 2 heterocycles. The molecule has 148 valence electrons. The number of nitrogens with zero attached hydrogens (tertiary/aromatic N) is 2. The summed E-state index contributed by atoms with van der Waals surface area (Å²) in [4.78, 5) is 16.1. The van der Waals surface area contributed by atoms with Crippen LogP contribution >= 0.6 is 34.5 Å². The molecule has 1 atom stereocenters. The first-order valence-corrected chi connectivity index (χ1v) is 10.1. The Bertz CT molecular complexity index is 1230. The smallest absolute Gasteiger partial charge is 0.349 e. The molecule has 2 aromatic carbocycles. The zero-order chi connectivity index (χ0) is 20.7. The largest absolute Gasteiger partial charge is 0.506 e. The number of aromatic nitrogens is 2. The summed E-state index contributed by atoms with van der Waals surface area (Å²) in [6, 6.07) is 11.9. The summed E-state index contributed by atoms with van der Waals surface area (Å²) in [5.74, 6) is -0.932. The van der Waals surface area contributed by atoms with Gasteiger partial charge in [-0.25, -0.2) is 9.78 Å². The Morgan fingerprint density at radius 1 is 1.21 bits per heavy atom. The molecule has 0 aliphatic rings. The van der Waals surface area contributed by atoms with E-state index in [1.54, 1.807) is 36.0 Å². The number of carbonyl (C=O) groups is 1. The number of hydrogen-bond acceptors (Lipinski definition) is 5. The van der Waals surface area contributed by atoms with E-state index in [1.807, 2.05) is 18.2 Å². The zero-order valence-corrected chi connectivity index (χ0v) is 17.3. The second-order valence-electron chi connectivity index (χ2n) is 6.27. The molecule has 0 aliphatic carbocycles. The molecule has 2 aromatic heterocycles. The normalized spacial score (nSPS) is 12.2. The van der Waals surface area contributed by atoms with Gasteiger partial charge in [0, 0.05) is 22.7 Å². The van der Waals surface area contributed by atoms with E-state index in [0.717, 1.165) is 16.9 Å². The van der Waals surface area contributed by atoms with E-state index < -0.39 is 12.1 Å². The molecule has 0 bridgehead atoms. The number of imidazole rings is 1. The summed E-state index contributed by atoms with van der Waals surface area (Å²) >= 11 is 13.3. The van der Waals surface area contributed by atoms with E-state index in [9.17, 15) is 15.0 Å². The summed E-state index contributed by atoms with van der Waals surface area (Å²) in [6.07, 6.45) is 1.09. The van der Waals surface area contributed by atoms with Crippen molar-refractivity contribution >= 4 is 51.5 Å². The van der Waals surface area contributed by atoms with E-state index in [2.05, 4.69) is 4.98 Å². The van der Waals surface area contributed by atoms with Crippen molar-refractivity contribution in [2.75, 3.05) is 0 Å². The number of phenols is 1. The Hall–Kier alpha value is -2.74. The number of aromatic carboxylic acids is 1. The molecule has 0 fully saturated rings. The highest BCUT2D eigenvalue weighted by atomic mass is 35.5. The number of rotatable bonds is 5. The van der Waals surface area contributed by atoms with Crippen molar-refractivity contribution in [2.24, 2.45) is 0 Å². The predicted molar refractivity (Wildman–Crippen MR) is 113 cm³/mol. The van der Waals surface area contributed by atoms with Crippen LogP contribution < -0.4 is 4.74 Å². The highest BCUT2D eigenvalue weighted by Gasteiger charge is 2.22. The van der Waals surface area contributed by atoms with Crippen molar-refractivity contribution < 1.29 is 19.7 Å². The first kappa shape index (κ1) is 19.6. The Labute approximate surface area is 179 Å². The fourth-order valence-corrected chi connectivity index (χ4v) is 4.33. The van der Waals surface area contributed by atoms with Crippen molar-refractivity contribution in [3.63, 3.8) is 0 Å². The fourth-order valence-electron chi connectivity index (χ4n) is 2.97. The Balaban J connectivity index is 1.75. The van der Waals surface area contributed by atoms with Gasteiger partial charge in [-0.2, -0.15) is 0 Å². The van der Waals surface area contributed by atoms with Crippen LogP contribution in [0.4, 0.5) is 0 Å². The van der Waals surface area contributed by atoms with E-state index in [-0.39, 0.29) is 21.4 Å². The molecule has 4 rings (SSSR count).